The lowest BCUT2D eigenvalue weighted by Crippen LogP contribution is -2.47. The number of nitrogens with zero attached hydrogens (tertiary/aromatic N) is 2. The highest BCUT2D eigenvalue weighted by Gasteiger charge is 2.33. The Kier molecular flexibility index (Phi) is 6.74. The molecule has 3 rings (SSSR count). The number of piperidine rings is 1. The summed E-state index contributed by atoms with van der Waals surface area (Å²) in [6.07, 6.45) is 5.55. The van der Waals surface area contributed by atoms with Crippen molar-refractivity contribution < 1.29 is 14.6 Å². The summed E-state index contributed by atoms with van der Waals surface area (Å²) in [7, 11) is 1.66. The number of aliphatic hydroxyl groups excluding tert-OH is 1. The molecule has 1 aliphatic heterocycles. The van der Waals surface area contributed by atoms with Crippen LogP contribution in [0.25, 0.3) is 0 Å². The normalized spacial score (nSPS) is 20.6. The van der Waals surface area contributed by atoms with Gasteiger partial charge in [0.15, 0.2) is 0 Å². The predicted octanol–water partition coefficient (Wildman–Crippen LogP) is 2.22. The molecule has 2 amide bonds. The number of amides is 2. The van der Waals surface area contributed by atoms with Crippen molar-refractivity contribution in [3.63, 3.8) is 0 Å². The first-order chi connectivity index (χ1) is 12.7. The Bertz CT molecular complexity index is 591. The zero-order valence-electron chi connectivity index (χ0n) is 15.7. The molecule has 1 atom stereocenters. The molecule has 6 heteroatoms. The van der Waals surface area contributed by atoms with Gasteiger partial charge in [0, 0.05) is 30.7 Å². The molecule has 1 heterocycles. The Hall–Kier alpha value is -1.79. The summed E-state index contributed by atoms with van der Waals surface area (Å²) < 4.78 is 5.42. The molecule has 0 unspecified atom stereocenters. The van der Waals surface area contributed by atoms with Gasteiger partial charge in [0.2, 0.25) is 0 Å². The molecule has 0 spiro atoms. The number of urea groups is 1. The molecule has 0 aromatic heterocycles. The number of likely N-dealkylation sites (tertiary alicyclic amines) is 1. The number of nitrogens with one attached hydrogen (secondary N) is 1. The minimum atomic E-state index is -0.00374. The third-order valence-electron chi connectivity index (χ3n) is 5.42. The molecule has 26 heavy (non-hydrogen) atoms. The van der Waals surface area contributed by atoms with Crippen molar-refractivity contribution in [1.82, 2.24) is 15.1 Å². The van der Waals surface area contributed by atoms with E-state index in [0.717, 1.165) is 43.7 Å². The average Bonchev–Trinajstić information content (AvgIpc) is 3.51. The zero-order chi connectivity index (χ0) is 18.4. The Morgan fingerprint density at radius 2 is 2.12 bits per heavy atom. The van der Waals surface area contributed by atoms with Gasteiger partial charge in [0.25, 0.3) is 0 Å². The summed E-state index contributed by atoms with van der Waals surface area (Å²) >= 11 is 0. The molecule has 0 radical (unpaired) electrons. The van der Waals surface area contributed by atoms with Gasteiger partial charge in [0.05, 0.1) is 20.3 Å². The van der Waals surface area contributed by atoms with Crippen molar-refractivity contribution >= 4 is 6.03 Å². The fourth-order valence-corrected chi connectivity index (χ4v) is 3.74. The van der Waals surface area contributed by atoms with E-state index in [1.807, 2.05) is 29.2 Å². The largest absolute Gasteiger partial charge is 0.496 e. The highest BCUT2D eigenvalue weighted by molar-refractivity contribution is 5.75. The number of para-hydroxylation sites is 1. The van der Waals surface area contributed by atoms with Gasteiger partial charge in [-0.05, 0) is 38.3 Å². The molecule has 1 saturated heterocycles. The van der Waals surface area contributed by atoms with E-state index in [2.05, 4.69) is 10.2 Å². The molecule has 144 valence electrons. The number of hydrogen-bond acceptors (Lipinski definition) is 4. The summed E-state index contributed by atoms with van der Waals surface area (Å²) in [5, 5.41) is 12.6. The molecule has 2 aliphatic rings. The monoisotopic (exact) mass is 361 g/mol. The van der Waals surface area contributed by atoms with E-state index in [-0.39, 0.29) is 18.7 Å². The number of hydrogen-bond donors (Lipinski definition) is 2. The van der Waals surface area contributed by atoms with E-state index in [1.54, 1.807) is 7.11 Å². The van der Waals surface area contributed by atoms with Crippen LogP contribution in [0.2, 0.25) is 0 Å². The van der Waals surface area contributed by atoms with Gasteiger partial charge in [-0.3, -0.25) is 4.90 Å². The van der Waals surface area contributed by atoms with Gasteiger partial charge in [-0.1, -0.05) is 24.6 Å². The first kappa shape index (κ1) is 19.0. The maximum Gasteiger partial charge on any atom is 0.317 e. The second-order valence-electron chi connectivity index (χ2n) is 7.27. The van der Waals surface area contributed by atoms with E-state index in [9.17, 15) is 9.90 Å². The van der Waals surface area contributed by atoms with Gasteiger partial charge >= 0.3 is 6.03 Å². The molecule has 1 aliphatic carbocycles. The maximum absolute atomic E-state index is 12.7. The average molecular weight is 361 g/mol. The molecule has 2 N–H and O–H groups in total. The maximum atomic E-state index is 12.7. The van der Waals surface area contributed by atoms with Gasteiger partial charge in [0.1, 0.15) is 5.75 Å². The zero-order valence-corrected chi connectivity index (χ0v) is 15.7. The SMILES string of the molecule is COc1ccccc1CN(C(=O)NCCN1CCCC[C@@H]1CO)C1CC1. The predicted molar refractivity (Wildman–Crippen MR) is 101 cm³/mol. The van der Waals surface area contributed by atoms with Gasteiger partial charge in [-0.25, -0.2) is 4.79 Å². The van der Waals surface area contributed by atoms with Crippen LogP contribution in [-0.2, 0) is 6.54 Å². The first-order valence-electron chi connectivity index (χ1n) is 9.74. The minimum absolute atomic E-state index is 0.00374. The molecule has 1 saturated carbocycles. The Morgan fingerprint density at radius 1 is 1.31 bits per heavy atom. The lowest BCUT2D eigenvalue weighted by molar-refractivity contribution is 0.0909. The lowest BCUT2D eigenvalue weighted by Gasteiger charge is -2.34. The van der Waals surface area contributed by atoms with Crippen molar-refractivity contribution in [3.05, 3.63) is 29.8 Å². The number of rotatable bonds is 8. The van der Waals surface area contributed by atoms with Crippen LogP contribution in [0.15, 0.2) is 24.3 Å². The quantitative estimate of drug-likeness (QED) is 0.745. The van der Waals surface area contributed by atoms with Crippen LogP contribution < -0.4 is 10.1 Å². The fourth-order valence-electron chi connectivity index (χ4n) is 3.74. The van der Waals surface area contributed by atoms with Crippen LogP contribution >= 0.6 is 0 Å². The van der Waals surface area contributed by atoms with E-state index in [4.69, 9.17) is 4.74 Å². The second-order valence-corrected chi connectivity index (χ2v) is 7.27. The highest BCUT2D eigenvalue weighted by atomic mass is 16.5. The topological polar surface area (TPSA) is 65.0 Å². The number of ether oxygens (including phenoxy) is 1. The van der Waals surface area contributed by atoms with Gasteiger partial charge in [-0.2, -0.15) is 0 Å². The van der Waals surface area contributed by atoms with Crippen LogP contribution in [0.5, 0.6) is 5.75 Å². The molecule has 2 fully saturated rings. The van der Waals surface area contributed by atoms with Crippen molar-refractivity contribution in [1.29, 1.82) is 0 Å². The van der Waals surface area contributed by atoms with Crippen LogP contribution in [0.1, 0.15) is 37.7 Å². The summed E-state index contributed by atoms with van der Waals surface area (Å²) in [6.45, 7) is 3.20. The first-order valence-corrected chi connectivity index (χ1v) is 9.74. The molecule has 6 nitrogen and oxygen atoms in total. The summed E-state index contributed by atoms with van der Waals surface area (Å²) in [5.74, 6) is 0.824. The van der Waals surface area contributed by atoms with E-state index >= 15 is 0 Å². The number of aliphatic hydroxyl groups is 1. The van der Waals surface area contributed by atoms with Crippen molar-refractivity contribution in [2.24, 2.45) is 0 Å². The Labute approximate surface area is 156 Å². The lowest BCUT2D eigenvalue weighted by atomic mass is 10.0. The summed E-state index contributed by atoms with van der Waals surface area (Å²) in [5.41, 5.74) is 1.04. The summed E-state index contributed by atoms with van der Waals surface area (Å²) in [4.78, 5) is 17.0. The van der Waals surface area contributed by atoms with Crippen molar-refractivity contribution in [2.45, 2.75) is 50.7 Å². The number of benzene rings is 1. The van der Waals surface area contributed by atoms with Crippen LogP contribution in [0.3, 0.4) is 0 Å². The highest BCUT2D eigenvalue weighted by Crippen LogP contribution is 2.30. The van der Waals surface area contributed by atoms with Gasteiger partial charge < -0.3 is 20.1 Å². The Morgan fingerprint density at radius 3 is 2.85 bits per heavy atom. The Balaban J connectivity index is 1.52. The van der Waals surface area contributed by atoms with Crippen LogP contribution in [0, 0.1) is 0 Å². The number of methoxy groups -OCH3 is 1. The summed E-state index contributed by atoms with van der Waals surface area (Å²) in [6, 6.07) is 8.45. The molecule has 1 aromatic carbocycles. The van der Waals surface area contributed by atoms with E-state index in [1.165, 1.54) is 12.8 Å². The van der Waals surface area contributed by atoms with Gasteiger partial charge in [-0.15, -0.1) is 0 Å². The van der Waals surface area contributed by atoms with Crippen LogP contribution in [-0.4, -0.2) is 66.4 Å². The fraction of sp³-hybridized carbons (Fsp3) is 0.650. The van der Waals surface area contributed by atoms with E-state index < -0.39 is 0 Å². The minimum Gasteiger partial charge on any atom is -0.496 e. The van der Waals surface area contributed by atoms with Crippen molar-refractivity contribution in [2.75, 3.05) is 33.4 Å². The van der Waals surface area contributed by atoms with Crippen LogP contribution in [0.4, 0.5) is 4.79 Å². The molecular weight excluding hydrogens is 330 g/mol. The molecular formula is C20H31N3O3. The third kappa shape index (κ3) is 4.89. The van der Waals surface area contributed by atoms with E-state index in [0.29, 0.717) is 19.1 Å². The molecule has 0 bridgehead atoms. The molecule has 1 aromatic rings. The third-order valence-corrected chi connectivity index (χ3v) is 5.42. The second kappa shape index (κ2) is 9.24. The number of carbonyl (C=O) groups is 1. The number of carbonyl (C=O) groups excluding carboxylic acids is 1. The smallest absolute Gasteiger partial charge is 0.317 e. The van der Waals surface area contributed by atoms with Crippen molar-refractivity contribution in [3.8, 4) is 5.75 Å². The standard InChI is InChI=1S/C20H31N3O3/c1-26-19-8-3-2-6-16(19)14-23(17-9-10-17)20(25)21-11-13-22-12-5-4-7-18(22)15-24/h2-3,6,8,17-18,24H,4-5,7,9-15H2,1H3,(H,21,25)/t18-/m1/s1.